The number of rotatable bonds is 10. The van der Waals surface area contributed by atoms with Crippen LogP contribution in [0.2, 0.25) is 0 Å². The van der Waals surface area contributed by atoms with Crippen molar-refractivity contribution in [3.8, 4) is 0 Å². The minimum Gasteiger partial charge on any atom is -0.447 e. The van der Waals surface area contributed by atoms with Crippen molar-refractivity contribution < 1.29 is 23.7 Å². The SMILES string of the molecule is C=C[C@]1(OC(=O)C(C)C)C(C)=CC[C@H](C(=C)C)[C@H]1OCOCCOC. The Morgan fingerprint density at radius 2 is 2.12 bits per heavy atom. The monoisotopic (exact) mass is 352 g/mol. The molecule has 1 rings (SSSR count). The van der Waals surface area contributed by atoms with Gasteiger partial charge in [-0.25, -0.2) is 0 Å². The fraction of sp³-hybridized carbons (Fsp3) is 0.650. The molecule has 25 heavy (non-hydrogen) atoms. The van der Waals surface area contributed by atoms with Crippen molar-refractivity contribution in [2.75, 3.05) is 27.1 Å². The van der Waals surface area contributed by atoms with Gasteiger partial charge in [0.05, 0.1) is 19.1 Å². The molecule has 0 aliphatic heterocycles. The molecule has 0 aromatic heterocycles. The van der Waals surface area contributed by atoms with Gasteiger partial charge in [0, 0.05) is 13.0 Å². The number of allylic oxidation sites excluding steroid dienone is 1. The van der Waals surface area contributed by atoms with Gasteiger partial charge in [-0.3, -0.25) is 4.79 Å². The van der Waals surface area contributed by atoms with E-state index in [-0.39, 0.29) is 24.6 Å². The maximum absolute atomic E-state index is 12.3. The van der Waals surface area contributed by atoms with Crippen molar-refractivity contribution >= 4 is 5.97 Å². The lowest BCUT2D eigenvalue weighted by atomic mass is 9.72. The highest BCUT2D eigenvalue weighted by Gasteiger charge is 2.49. The largest absolute Gasteiger partial charge is 0.447 e. The molecule has 5 nitrogen and oxygen atoms in total. The zero-order chi connectivity index (χ0) is 19.0. The molecule has 1 aliphatic rings. The van der Waals surface area contributed by atoms with Crippen molar-refractivity contribution in [1.29, 1.82) is 0 Å². The number of hydrogen-bond acceptors (Lipinski definition) is 5. The predicted molar refractivity (Wildman–Crippen MR) is 98.1 cm³/mol. The fourth-order valence-corrected chi connectivity index (χ4v) is 2.87. The highest BCUT2D eigenvalue weighted by atomic mass is 16.7. The first-order valence-corrected chi connectivity index (χ1v) is 8.67. The Balaban J connectivity index is 3.08. The Morgan fingerprint density at radius 1 is 1.44 bits per heavy atom. The Kier molecular flexibility index (Phi) is 8.56. The quantitative estimate of drug-likeness (QED) is 0.260. The van der Waals surface area contributed by atoms with E-state index in [1.807, 2.05) is 13.8 Å². The van der Waals surface area contributed by atoms with Crippen LogP contribution in [0.5, 0.6) is 0 Å². The van der Waals surface area contributed by atoms with Crippen molar-refractivity contribution in [2.24, 2.45) is 11.8 Å². The second kappa shape index (κ2) is 9.90. The summed E-state index contributed by atoms with van der Waals surface area (Å²) in [7, 11) is 1.62. The average Bonchev–Trinajstić information content (AvgIpc) is 2.56. The van der Waals surface area contributed by atoms with Crippen LogP contribution < -0.4 is 0 Å². The van der Waals surface area contributed by atoms with E-state index in [2.05, 4.69) is 19.2 Å². The van der Waals surface area contributed by atoms with E-state index in [0.29, 0.717) is 13.2 Å². The normalized spacial score (nSPS) is 26.2. The van der Waals surface area contributed by atoms with Crippen LogP contribution in [0.4, 0.5) is 0 Å². The Hall–Kier alpha value is -1.43. The summed E-state index contributed by atoms with van der Waals surface area (Å²) in [5, 5.41) is 0. The zero-order valence-electron chi connectivity index (χ0n) is 16.2. The van der Waals surface area contributed by atoms with Crippen molar-refractivity contribution in [2.45, 2.75) is 45.8 Å². The maximum Gasteiger partial charge on any atom is 0.309 e. The molecular formula is C20H32O5. The summed E-state index contributed by atoms with van der Waals surface area (Å²) in [6, 6.07) is 0. The van der Waals surface area contributed by atoms with Gasteiger partial charge in [0.2, 0.25) is 0 Å². The number of ether oxygens (including phenoxy) is 4. The second-order valence-corrected chi connectivity index (χ2v) is 6.75. The van der Waals surface area contributed by atoms with Gasteiger partial charge in [0.15, 0.2) is 5.60 Å². The van der Waals surface area contributed by atoms with Crippen molar-refractivity contribution in [1.82, 2.24) is 0 Å². The van der Waals surface area contributed by atoms with Gasteiger partial charge < -0.3 is 18.9 Å². The van der Waals surface area contributed by atoms with E-state index in [9.17, 15) is 4.79 Å². The van der Waals surface area contributed by atoms with Crippen molar-refractivity contribution in [3.05, 3.63) is 36.5 Å². The Bertz CT molecular complexity index is 508. The van der Waals surface area contributed by atoms with Crippen LogP contribution in [-0.4, -0.2) is 44.8 Å². The van der Waals surface area contributed by atoms with Crippen molar-refractivity contribution in [3.63, 3.8) is 0 Å². The predicted octanol–water partition coefficient (Wildman–Crippen LogP) is 3.66. The average molecular weight is 352 g/mol. The molecule has 0 N–H and O–H groups in total. The zero-order valence-corrected chi connectivity index (χ0v) is 16.2. The van der Waals surface area contributed by atoms with Gasteiger partial charge in [-0.15, -0.1) is 0 Å². The van der Waals surface area contributed by atoms with E-state index in [1.165, 1.54) is 0 Å². The fourth-order valence-electron chi connectivity index (χ4n) is 2.87. The minimum atomic E-state index is -1.02. The number of esters is 1. The van der Waals surface area contributed by atoms with Crippen LogP contribution >= 0.6 is 0 Å². The topological polar surface area (TPSA) is 54.0 Å². The van der Waals surface area contributed by atoms with Gasteiger partial charge in [0.1, 0.15) is 12.9 Å². The molecule has 0 saturated heterocycles. The van der Waals surface area contributed by atoms with Crippen LogP contribution in [0.3, 0.4) is 0 Å². The second-order valence-electron chi connectivity index (χ2n) is 6.75. The van der Waals surface area contributed by atoms with Crippen LogP contribution in [-0.2, 0) is 23.7 Å². The smallest absolute Gasteiger partial charge is 0.309 e. The molecule has 0 aromatic carbocycles. The third-order valence-electron chi connectivity index (χ3n) is 4.52. The number of carbonyl (C=O) groups excluding carboxylic acids is 1. The first-order valence-electron chi connectivity index (χ1n) is 8.67. The highest BCUT2D eigenvalue weighted by molar-refractivity contribution is 5.73. The summed E-state index contributed by atoms with van der Waals surface area (Å²) in [5.41, 5.74) is 0.863. The molecule has 0 aromatic rings. The molecule has 0 amide bonds. The molecule has 3 atom stereocenters. The van der Waals surface area contributed by atoms with Gasteiger partial charge in [-0.2, -0.15) is 0 Å². The van der Waals surface area contributed by atoms with Crippen LogP contribution in [0.15, 0.2) is 36.5 Å². The molecule has 0 heterocycles. The number of hydrogen-bond donors (Lipinski definition) is 0. The van der Waals surface area contributed by atoms with Crippen LogP contribution in [0, 0.1) is 11.8 Å². The van der Waals surface area contributed by atoms with E-state index in [0.717, 1.165) is 17.6 Å². The molecule has 0 unspecified atom stereocenters. The lowest BCUT2D eigenvalue weighted by molar-refractivity contribution is -0.188. The minimum absolute atomic E-state index is 0.00712. The third kappa shape index (κ3) is 5.27. The number of carbonyl (C=O) groups is 1. The Labute approximate surface area is 151 Å². The van der Waals surface area contributed by atoms with E-state index in [1.54, 1.807) is 27.0 Å². The van der Waals surface area contributed by atoms with Crippen LogP contribution in [0.1, 0.15) is 34.1 Å². The third-order valence-corrected chi connectivity index (χ3v) is 4.52. The van der Waals surface area contributed by atoms with Gasteiger partial charge in [0.25, 0.3) is 0 Å². The van der Waals surface area contributed by atoms with Gasteiger partial charge >= 0.3 is 5.97 Å². The number of methoxy groups -OCH3 is 1. The van der Waals surface area contributed by atoms with E-state index >= 15 is 0 Å². The summed E-state index contributed by atoms with van der Waals surface area (Å²) < 4.78 is 22.4. The molecule has 0 radical (unpaired) electrons. The highest BCUT2D eigenvalue weighted by Crippen LogP contribution is 2.42. The van der Waals surface area contributed by atoms with E-state index in [4.69, 9.17) is 18.9 Å². The first kappa shape index (κ1) is 21.6. The molecule has 142 valence electrons. The summed E-state index contributed by atoms with van der Waals surface area (Å²) >= 11 is 0. The standard InChI is InChI=1S/C20H32O5/c1-8-20(25-19(21)15(4)5)16(6)9-10-17(14(2)3)18(20)24-13-23-12-11-22-7/h8-9,15,17-18H,1-2,10-13H2,3-7H3/t17-,18-,20+/m1/s1. The summed E-state index contributed by atoms with van der Waals surface area (Å²) in [6.45, 7) is 16.5. The molecule has 0 spiro atoms. The summed E-state index contributed by atoms with van der Waals surface area (Å²) in [6.07, 6.45) is 4.07. The molecule has 5 heteroatoms. The maximum atomic E-state index is 12.3. The molecule has 1 aliphatic carbocycles. The molecule has 0 fully saturated rings. The van der Waals surface area contributed by atoms with Gasteiger partial charge in [-0.1, -0.05) is 38.7 Å². The molecule has 0 bridgehead atoms. The van der Waals surface area contributed by atoms with Gasteiger partial charge in [-0.05, 0) is 31.9 Å². The van der Waals surface area contributed by atoms with E-state index < -0.39 is 11.7 Å². The lowest BCUT2D eigenvalue weighted by Crippen LogP contribution is -2.53. The molecular weight excluding hydrogens is 320 g/mol. The molecule has 0 saturated carbocycles. The van der Waals surface area contributed by atoms with Crippen LogP contribution in [0.25, 0.3) is 0 Å². The lowest BCUT2D eigenvalue weighted by Gasteiger charge is -2.45. The first-order chi connectivity index (χ1) is 11.8. The Morgan fingerprint density at radius 3 is 2.64 bits per heavy atom. The summed E-state index contributed by atoms with van der Waals surface area (Å²) in [4.78, 5) is 12.3. The summed E-state index contributed by atoms with van der Waals surface area (Å²) in [5.74, 6) is -0.523.